The number of alkyl halides is 3. The molecule has 2 aromatic heterocycles. The molecular weight excluding hydrogens is 747 g/mol. The number of pyridine rings is 1. The van der Waals surface area contributed by atoms with Crippen LogP contribution in [0.25, 0.3) is 5.82 Å². The van der Waals surface area contributed by atoms with E-state index in [2.05, 4.69) is 15.6 Å². The number of hydrogen-bond acceptors (Lipinski definition) is 9. The molecule has 1 aliphatic carbocycles. The van der Waals surface area contributed by atoms with Gasteiger partial charge in [-0.05, 0) is 68.7 Å². The average Bonchev–Trinajstić information content (AvgIpc) is 3.93. The number of ether oxygens (including phenoxy) is 1. The van der Waals surface area contributed by atoms with Gasteiger partial charge in [-0.2, -0.15) is 13.2 Å². The fraction of sp³-hybridized carbons (Fsp3) is 0.294. The largest absolute Gasteiger partial charge is 0.464 e. The third-order valence-electron chi connectivity index (χ3n) is 8.47. The maximum absolute atomic E-state index is 15.2. The Labute approximate surface area is 303 Å². The average molecular weight is 779 g/mol. The molecular formula is C34H31F5N6O8S. The van der Waals surface area contributed by atoms with Crippen molar-refractivity contribution in [3.8, 4) is 5.82 Å². The van der Waals surface area contributed by atoms with Crippen LogP contribution in [0.4, 0.5) is 33.3 Å². The van der Waals surface area contributed by atoms with E-state index in [1.165, 1.54) is 50.0 Å². The number of hydrogen-bond donors (Lipinski definition) is 3. The van der Waals surface area contributed by atoms with Gasteiger partial charge in [-0.3, -0.25) is 19.1 Å². The Morgan fingerprint density at radius 2 is 1.69 bits per heavy atom. The molecule has 0 saturated heterocycles. The van der Waals surface area contributed by atoms with E-state index < -0.39 is 84.5 Å². The Morgan fingerprint density at radius 1 is 1.02 bits per heavy atom. The Hall–Kier alpha value is -5.92. The lowest BCUT2D eigenvalue weighted by atomic mass is 10.1. The topological polar surface area (TPSA) is 188 Å². The summed E-state index contributed by atoms with van der Waals surface area (Å²) in [5.74, 6) is -6.30. The second-order valence-electron chi connectivity index (χ2n) is 12.3. The lowest BCUT2D eigenvalue weighted by Crippen LogP contribution is -2.43. The molecule has 1 atom stereocenters. The molecule has 0 unspecified atom stereocenters. The van der Waals surface area contributed by atoms with E-state index in [9.17, 15) is 45.6 Å². The highest BCUT2D eigenvalue weighted by molar-refractivity contribution is 7.92. The standard InChI is InChI=1S/C34H31F5N6O8S/c1-4-53-30(48)26(13-19-5-10-27(40-16-19)45-29(47)18(2)17-44(3)32(45)50)42-28(46)22-14-24(36)25(15-23(22)35)43-54(51,52)21-8-6-20(7-9-21)41-31(49)33(11-12-33)34(37,38)39/h5-10,14-17,26,43H,4,11-13H2,1-3H3,(H,41,49)(H,42,46)/t26-/m0/s1. The van der Waals surface area contributed by atoms with Gasteiger partial charge in [-0.15, -0.1) is 0 Å². The van der Waals surface area contributed by atoms with Gasteiger partial charge in [0.1, 0.15) is 28.9 Å². The number of amides is 2. The number of nitrogens with zero attached hydrogens (tertiary/aromatic N) is 3. The predicted molar refractivity (Wildman–Crippen MR) is 181 cm³/mol. The minimum Gasteiger partial charge on any atom is -0.464 e. The van der Waals surface area contributed by atoms with Crippen molar-refractivity contribution in [3.05, 3.63) is 110 Å². The molecule has 5 rings (SSSR count). The van der Waals surface area contributed by atoms with Crippen LogP contribution in [-0.4, -0.2) is 59.1 Å². The monoisotopic (exact) mass is 778 g/mol. The summed E-state index contributed by atoms with van der Waals surface area (Å²) in [5.41, 5.74) is -5.12. The van der Waals surface area contributed by atoms with Crippen molar-refractivity contribution in [1.29, 1.82) is 0 Å². The molecule has 0 aliphatic heterocycles. The zero-order valence-electron chi connectivity index (χ0n) is 28.6. The van der Waals surface area contributed by atoms with Gasteiger partial charge in [0.2, 0.25) is 5.91 Å². The Morgan fingerprint density at radius 3 is 2.26 bits per heavy atom. The predicted octanol–water partition coefficient (Wildman–Crippen LogP) is 3.50. The first-order valence-electron chi connectivity index (χ1n) is 16.0. The zero-order valence-corrected chi connectivity index (χ0v) is 29.4. The number of esters is 1. The molecule has 0 spiro atoms. The molecule has 2 amide bonds. The van der Waals surface area contributed by atoms with E-state index in [1.807, 2.05) is 4.72 Å². The van der Waals surface area contributed by atoms with Crippen LogP contribution in [0.3, 0.4) is 0 Å². The number of aryl methyl sites for hydroxylation is 2. The molecule has 2 aromatic carbocycles. The molecule has 20 heteroatoms. The quantitative estimate of drug-likeness (QED) is 0.143. The minimum atomic E-state index is -4.76. The molecule has 4 aromatic rings. The van der Waals surface area contributed by atoms with Gasteiger partial charge >= 0.3 is 17.8 Å². The van der Waals surface area contributed by atoms with Crippen molar-refractivity contribution in [2.24, 2.45) is 12.5 Å². The van der Waals surface area contributed by atoms with Crippen molar-refractivity contribution in [1.82, 2.24) is 19.4 Å². The SMILES string of the molecule is CCOC(=O)[C@H](Cc1ccc(-n2c(=O)c(C)cn(C)c2=O)nc1)NC(=O)c1cc(F)c(NS(=O)(=O)c2ccc(NC(=O)C3(C(F)(F)F)CC3)cc2)cc1F. The molecule has 54 heavy (non-hydrogen) atoms. The Balaban J connectivity index is 1.29. The first-order valence-corrected chi connectivity index (χ1v) is 17.5. The van der Waals surface area contributed by atoms with Gasteiger partial charge in [0.25, 0.3) is 21.5 Å². The van der Waals surface area contributed by atoms with Crippen molar-refractivity contribution in [2.45, 2.75) is 50.2 Å². The van der Waals surface area contributed by atoms with E-state index in [4.69, 9.17) is 4.74 Å². The molecule has 3 N–H and O–H groups in total. The van der Waals surface area contributed by atoms with Crippen LogP contribution < -0.4 is 26.6 Å². The maximum Gasteiger partial charge on any atom is 0.403 e. The molecule has 1 fully saturated rings. The minimum absolute atomic E-state index is 0.0187. The van der Waals surface area contributed by atoms with Crippen LogP contribution in [-0.2, 0) is 37.8 Å². The number of sulfonamides is 1. The third kappa shape index (κ3) is 8.02. The van der Waals surface area contributed by atoms with Crippen LogP contribution in [0.2, 0.25) is 0 Å². The normalized spacial score (nSPS) is 14.1. The summed E-state index contributed by atoms with van der Waals surface area (Å²) in [4.78, 5) is 66.8. The molecule has 286 valence electrons. The highest BCUT2D eigenvalue weighted by Crippen LogP contribution is 2.58. The molecule has 2 heterocycles. The maximum atomic E-state index is 15.2. The summed E-state index contributed by atoms with van der Waals surface area (Å²) in [5, 5.41) is 4.35. The fourth-order valence-electron chi connectivity index (χ4n) is 5.34. The molecule has 1 saturated carbocycles. The lowest BCUT2D eigenvalue weighted by Gasteiger charge is -2.19. The van der Waals surface area contributed by atoms with Gasteiger partial charge in [0.15, 0.2) is 0 Å². The van der Waals surface area contributed by atoms with Crippen molar-refractivity contribution in [3.63, 3.8) is 0 Å². The van der Waals surface area contributed by atoms with Crippen molar-refractivity contribution >= 4 is 39.2 Å². The first-order chi connectivity index (χ1) is 25.3. The van der Waals surface area contributed by atoms with Crippen LogP contribution >= 0.6 is 0 Å². The summed E-state index contributed by atoms with van der Waals surface area (Å²) in [6.07, 6.45) is -3.19. The number of carbonyl (C=O) groups is 3. The second kappa shape index (κ2) is 14.8. The highest BCUT2D eigenvalue weighted by Gasteiger charge is 2.68. The zero-order chi connectivity index (χ0) is 39.7. The van der Waals surface area contributed by atoms with E-state index in [0.29, 0.717) is 17.7 Å². The molecule has 14 nitrogen and oxygen atoms in total. The highest BCUT2D eigenvalue weighted by atomic mass is 32.2. The molecule has 1 aliphatic rings. The molecule has 0 radical (unpaired) electrons. The summed E-state index contributed by atoms with van der Waals surface area (Å²) in [6, 6.07) is 5.96. The van der Waals surface area contributed by atoms with Gasteiger partial charge in [-0.25, -0.2) is 36.3 Å². The molecule has 0 bridgehead atoms. The number of benzene rings is 2. The van der Waals surface area contributed by atoms with E-state index in [0.717, 1.165) is 28.8 Å². The Kier molecular flexibility index (Phi) is 10.8. The number of halogens is 5. The van der Waals surface area contributed by atoms with Gasteiger partial charge in [0.05, 0.1) is 22.8 Å². The van der Waals surface area contributed by atoms with Gasteiger partial charge in [0, 0.05) is 43.2 Å². The Bertz CT molecular complexity index is 2320. The lowest BCUT2D eigenvalue weighted by molar-refractivity contribution is -0.189. The van der Waals surface area contributed by atoms with Gasteiger partial charge in [-0.1, -0.05) is 6.07 Å². The smallest absolute Gasteiger partial charge is 0.403 e. The van der Waals surface area contributed by atoms with Crippen LogP contribution in [0, 0.1) is 24.0 Å². The first kappa shape index (κ1) is 39.3. The fourth-order valence-corrected chi connectivity index (χ4v) is 6.39. The van der Waals surface area contributed by atoms with Crippen LogP contribution in [0.1, 0.15) is 41.3 Å². The summed E-state index contributed by atoms with van der Waals surface area (Å²) < 4.78 is 105. The number of carbonyl (C=O) groups excluding carboxylic acids is 3. The summed E-state index contributed by atoms with van der Waals surface area (Å²) in [6.45, 7) is 2.91. The van der Waals surface area contributed by atoms with Crippen LogP contribution in [0.5, 0.6) is 0 Å². The number of rotatable bonds is 12. The number of nitrogens with one attached hydrogen (secondary N) is 3. The second-order valence-corrected chi connectivity index (χ2v) is 14.0. The van der Waals surface area contributed by atoms with Gasteiger partial charge < -0.3 is 19.9 Å². The van der Waals surface area contributed by atoms with Crippen LogP contribution in [0.15, 0.2) is 75.4 Å². The van der Waals surface area contributed by atoms with E-state index in [-0.39, 0.29) is 42.9 Å². The number of aromatic nitrogens is 3. The number of anilines is 2. The van der Waals surface area contributed by atoms with E-state index >= 15 is 8.78 Å². The third-order valence-corrected chi connectivity index (χ3v) is 9.85. The summed E-state index contributed by atoms with van der Waals surface area (Å²) in [7, 11) is -3.17. The van der Waals surface area contributed by atoms with Crippen molar-refractivity contribution in [2.75, 3.05) is 16.6 Å². The summed E-state index contributed by atoms with van der Waals surface area (Å²) >= 11 is 0. The van der Waals surface area contributed by atoms with E-state index in [1.54, 1.807) is 0 Å². The van der Waals surface area contributed by atoms with Crippen molar-refractivity contribution < 1.29 is 49.5 Å².